The standard InChI is InChI=1S/C21H19N3/c1-2-6-17-14-21(13-16(17)5-1)15-24(20-8-4-3-7-19(20)21)23-18-9-11-22-12-10-18/h1-12H,13-15H2,(H,22,23). The zero-order valence-electron chi connectivity index (χ0n) is 13.4. The molecule has 0 bridgehead atoms. The van der Waals surface area contributed by atoms with Crippen LogP contribution in [0.1, 0.15) is 16.7 Å². The molecule has 1 aromatic heterocycles. The summed E-state index contributed by atoms with van der Waals surface area (Å²) in [5.41, 5.74) is 10.6. The average molecular weight is 313 g/mol. The van der Waals surface area contributed by atoms with Crippen molar-refractivity contribution in [2.24, 2.45) is 0 Å². The van der Waals surface area contributed by atoms with Gasteiger partial charge in [-0.15, -0.1) is 0 Å². The molecule has 2 aromatic carbocycles. The first-order valence-electron chi connectivity index (χ1n) is 8.45. The smallest absolute Gasteiger partial charge is 0.0610 e. The van der Waals surface area contributed by atoms with E-state index < -0.39 is 0 Å². The van der Waals surface area contributed by atoms with Gasteiger partial charge in [0.15, 0.2) is 0 Å². The fourth-order valence-corrected chi connectivity index (χ4v) is 4.31. The normalized spacial score (nSPS) is 16.9. The number of hydrogen-bond acceptors (Lipinski definition) is 3. The number of benzene rings is 2. The zero-order chi connectivity index (χ0) is 16.0. The van der Waals surface area contributed by atoms with E-state index in [0.29, 0.717) is 0 Å². The second-order valence-corrected chi connectivity index (χ2v) is 6.85. The van der Waals surface area contributed by atoms with Gasteiger partial charge in [0, 0.05) is 24.4 Å². The van der Waals surface area contributed by atoms with Gasteiger partial charge < -0.3 is 0 Å². The van der Waals surface area contributed by atoms with Crippen LogP contribution >= 0.6 is 0 Å². The number of hydrogen-bond donors (Lipinski definition) is 1. The Morgan fingerprint density at radius 1 is 0.833 bits per heavy atom. The second-order valence-electron chi connectivity index (χ2n) is 6.85. The van der Waals surface area contributed by atoms with E-state index in [4.69, 9.17) is 0 Å². The van der Waals surface area contributed by atoms with Gasteiger partial charge in [0.25, 0.3) is 0 Å². The minimum atomic E-state index is 0.181. The summed E-state index contributed by atoms with van der Waals surface area (Å²) in [7, 11) is 0. The molecule has 1 aliphatic carbocycles. The maximum absolute atomic E-state index is 4.10. The average Bonchev–Trinajstić information content (AvgIpc) is 3.14. The summed E-state index contributed by atoms with van der Waals surface area (Å²) in [5, 5.41) is 2.30. The summed E-state index contributed by atoms with van der Waals surface area (Å²) in [5.74, 6) is 0. The molecule has 0 saturated carbocycles. The van der Waals surface area contributed by atoms with Crippen LogP contribution in [-0.2, 0) is 18.3 Å². The molecule has 0 radical (unpaired) electrons. The summed E-state index contributed by atoms with van der Waals surface area (Å²) < 4.78 is 0. The van der Waals surface area contributed by atoms with E-state index in [1.807, 2.05) is 24.5 Å². The van der Waals surface area contributed by atoms with Crippen molar-refractivity contribution >= 4 is 11.4 Å². The number of nitrogens with one attached hydrogen (secondary N) is 1. The molecule has 3 heteroatoms. The van der Waals surface area contributed by atoms with Crippen LogP contribution in [0.4, 0.5) is 11.4 Å². The molecule has 24 heavy (non-hydrogen) atoms. The summed E-state index contributed by atoms with van der Waals surface area (Å²) in [6, 6.07) is 21.7. The van der Waals surface area contributed by atoms with E-state index in [1.54, 1.807) is 0 Å². The Hall–Kier alpha value is -2.81. The Kier molecular flexibility index (Phi) is 2.89. The molecule has 1 N–H and O–H groups in total. The fraction of sp³-hybridized carbons (Fsp3) is 0.190. The number of fused-ring (bicyclic) bond motifs is 3. The largest absolute Gasteiger partial charge is 0.298 e. The SMILES string of the molecule is c1ccc2c(c1)CC1(C2)CN(Nc2ccncc2)c2ccccc21. The van der Waals surface area contributed by atoms with Crippen LogP contribution in [0.25, 0.3) is 0 Å². The lowest BCUT2D eigenvalue weighted by atomic mass is 9.79. The highest BCUT2D eigenvalue weighted by atomic mass is 15.5. The quantitative estimate of drug-likeness (QED) is 0.776. The number of rotatable bonds is 2. The van der Waals surface area contributed by atoms with Gasteiger partial charge >= 0.3 is 0 Å². The van der Waals surface area contributed by atoms with Crippen molar-refractivity contribution in [1.29, 1.82) is 0 Å². The molecule has 0 saturated heterocycles. The van der Waals surface area contributed by atoms with Gasteiger partial charge in [-0.1, -0.05) is 42.5 Å². The molecule has 5 rings (SSSR count). The van der Waals surface area contributed by atoms with Crippen LogP contribution in [0.5, 0.6) is 0 Å². The molecule has 118 valence electrons. The molecule has 2 aliphatic rings. The lowest BCUT2D eigenvalue weighted by Gasteiger charge is -2.26. The van der Waals surface area contributed by atoms with Crippen molar-refractivity contribution in [3.8, 4) is 0 Å². The maximum atomic E-state index is 4.10. The number of para-hydroxylation sites is 1. The van der Waals surface area contributed by atoms with Gasteiger partial charge in [-0.05, 0) is 47.7 Å². The van der Waals surface area contributed by atoms with Crippen LogP contribution in [0, 0.1) is 0 Å². The van der Waals surface area contributed by atoms with E-state index in [-0.39, 0.29) is 5.41 Å². The third kappa shape index (κ3) is 2.01. The van der Waals surface area contributed by atoms with E-state index in [0.717, 1.165) is 25.1 Å². The van der Waals surface area contributed by atoms with Gasteiger partial charge in [0.05, 0.1) is 11.4 Å². The first-order chi connectivity index (χ1) is 11.8. The van der Waals surface area contributed by atoms with Gasteiger partial charge in [0.1, 0.15) is 0 Å². The monoisotopic (exact) mass is 313 g/mol. The molecule has 0 amide bonds. The molecule has 2 heterocycles. The highest BCUT2D eigenvalue weighted by Crippen LogP contribution is 2.48. The first kappa shape index (κ1) is 13.6. The Bertz CT molecular complexity index is 863. The van der Waals surface area contributed by atoms with Crippen molar-refractivity contribution in [3.63, 3.8) is 0 Å². The molecular formula is C21H19N3. The number of aromatic nitrogens is 1. The van der Waals surface area contributed by atoms with Crippen molar-refractivity contribution in [2.75, 3.05) is 17.0 Å². The molecule has 1 aliphatic heterocycles. The van der Waals surface area contributed by atoms with Crippen molar-refractivity contribution in [2.45, 2.75) is 18.3 Å². The molecule has 0 atom stereocenters. The van der Waals surface area contributed by atoms with E-state index in [1.165, 1.54) is 22.4 Å². The molecule has 0 fully saturated rings. The summed E-state index contributed by atoms with van der Waals surface area (Å²) in [6.45, 7) is 0.989. The van der Waals surface area contributed by atoms with Crippen LogP contribution in [0.15, 0.2) is 73.1 Å². The van der Waals surface area contributed by atoms with Crippen LogP contribution < -0.4 is 10.4 Å². The summed E-state index contributed by atoms with van der Waals surface area (Å²) in [6.07, 6.45) is 5.89. The van der Waals surface area contributed by atoms with Crippen molar-refractivity contribution in [3.05, 3.63) is 89.7 Å². The minimum absolute atomic E-state index is 0.181. The van der Waals surface area contributed by atoms with Crippen molar-refractivity contribution < 1.29 is 0 Å². The summed E-state index contributed by atoms with van der Waals surface area (Å²) >= 11 is 0. The third-order valence-electron chi connectivity index (χ3n) is 5.35. The predicted molar refractivity (Wildman–Crippen MR) is 97.2 cm³/mol. The van der Waals surface area contributed by atoms with Gasteiger partial charge in [-0.3, -0.25) is 15.4 Å². The molecular weight excluding hydrogens is 294 g/mol. The second kappa shape index (κ2) is 5.10. The van der Waals surface area contributed by atoms with Gasteiger partial charge in [-0.25, -0.2) is 0 Å². The molecule has 3 nitrogen and oxygen atoms in total. The lowest BCUT2D eigenvalue weighted by Crippen LogP contribution is -2.37. The molecule has 3 aromatic rings. The van der Waals surface area contributed by atoms with Gasteiger partial charge in [-0.2, -0.15) is 0 Å². The third-order valence-corrected chi connectivity index (χ3v) is 5.35. The number of pyridine rings is 1. The number of anilines is 2. The minimum Gasteiger partial charge on any atom is -0.298 e. The zero-order valence-corrected chi connectivity index (χ0v) is 13.4. The topological polar surface area (TPSA) is 28.2 Å². The first-order valence-corrected chi connectivity index (χ1v) is 8.45. The number of nitrogens with zero attached hydrogens (tertiary/aromatic N) is 2. The highest BCUT2D eigenvalue weighted by molar-refractivity contribution is 5.68. The Labute approximate surface area is 141 Å². The van der Waals surface area contributed by atoms with Crippen LogP contribution in [0.3, 0.4) is 0 Å². The van der Waals surface area contributed by atoms with Crippen LogP contribution in [-0.4, -0.2) is 11.5 Å². The number of hydrazine groups is 1. The van der Waals surface area contributed by atoms with E-state index >= 15 is 0 Å². The fourth-order valence-electron chi connectivity index (χ4n) is 4.31. The van der Waals surface area contributed by atoms with Crippen molar-refractivity contribution in [1.82, 2.24) is 4.98 Å². The predicted octanol–water partition coefficient (Wildman–Crippen LogP) is 3.97. The Balaban J connectivity index is 1.54. The van der Waals surface area contributed by atoms with E-state index in [2.05, 4.69) is 63.9 Å². The molecule has 1 spiro atoms. The summed E-state index contributed by atoms with van der Waals surface area (Å²) in [4.78, 5) is 4.10. The van der Waals surface area contributed by atoms with E-state index in [9.17, 15) is 0 Å². The van der Waals surface area contributed by atoms with Crippen LogP contribution in [0.2, 0.25) is 0 Å². The Morgan fingerprint density at radius 3 is 2.25 bits per heavy atom. The lowest BCUT2D eigenvalue weighted by molar-refractivity contribution is 0.484. The molecule has 0 unspecified atom stereocenters. The highest BCUT2D eigenvalue weighted by Gasteiger charge is 2.46. The maximum Gasteiger partial charge on any atom is 0.0610 e. The van der Waals surface area contributed by atoms with Gasteiger partial charge in [0.2, 0.25) is 0 Å². The Morgan fingerprint density at radius 2 is 1.50 bits per heavy atom.